The van der Waals surface area contributed by atoms with Crippen LogP contribution in [0.2, 0.25) is 0 Å². The highest BCUT2D eigenvalue weighted by molar-refractivity contribution is 5.97. The number of fused-ring (bicyclic) bond motifs is 1. The number of benzene rings is 1. The highest BCUT2D eigenvalue weighted by Crippen LogP contribution is 2.20. The summed E-state index contributed by atoms with van der Waals surface area (Å²) in [6, 6.07) is 2.80. The second-order valence-electron chi connectivity index (χ2n) is 4.90. The molecule has 0 aliphatic carbocycles. The van der Waals surface area contributed by atoms with Crippen molar-refractivity contribution in [2.75, 3.05) is 13.1 Å². The average Bonchev–Trinajstić information content (AvgIpc) is 2.92. The van der Waals surface area contributed by atoms with Gasteiger partial charge in [-0.2, -0.15) is 4.68 Å². The molecular formula is C14H14N4O3. The standard InChI is InChI=1S/C14H14N4O3/c1-9-10(13(19)20)5-6-11-12(9)15-16-18(11)14(21)17-7-3-2-4-8-17/h2-3,5-6H,4,7-8H2,1H3,(H,19,20). The van der Waals surface area contributed by atoms with E-state index in [-0.39, 0.29) is 11.6 Å². The van der Waals surface area contributed by atoms with Gasteiger partial charge in [-0.15, -0.1) is 5.10 Å². The molecule has 0 saturated heterocycles. The van der Waals surface area contributed by atoms with Crippen LogP contribution in [0.5, 0.6) is 0 Å². The van der Waals surface area contributed by atoms with Crippen molar-refractivity contribution in [2.45, 2.75) is 13.3 Å². The Balaban J connectivity index is 2.04. The van der Waals surface area contributed by atoms with Gasteiger partial charge in [0.15, 0.2) is 0 Å². The van der Waals surface area contributed by atoms with Crippen LogP contribution in [0, 0.1) is 6.92 Å². The molecule has 0 saturated carbocycles. The van der Waals surface area contributed by atoms with Gasteiger partial charge in [0.1, 0.15) is 5.52 Å². The smallest absolute Gasteiger partial charge is 0.346 e. The number of hydrogen-bond donors (Lipinski definition) is 1. The van der Waals surface area contributed by atoms with Gasteiger partial charge in [0.25, 0.3) is 0 Å². The third kappa shape index (κ3) is 2.16. The molecule has 1 aromatic carbocycles. The van der Waals surface area contributed by atoms with E-state index in [4.69, 9.17) is 5.11 Å². The molecule has 1 N–H and O–H groups in total. The number of nitrogens with zero attached hydrogens (tertiary/aromatic N) is 4. The first-order valence-electron chi connectivity index (χ1n) is 6.62. The summed E-state index contributed by atoms with van der Waals surface area (Å²) < 4.78 is 1.23. The Hall–Kier alpha value is -2.70. The van der Waals surface area contributed by atoms with E-state index in [9.17, 15) is 9.59 Å². The average molecular weight is 286 g/mol. The Bertz CT molecular complexity index is 763. The largest absolute Gasteiger partial charge is 0.478 e. The number of aromatic nitrogens is 3. The lowest BCUT2D eigenvalue weighted by atomic mass is 10.1. The highest BCUT2D eigenvalue weighted by Gasteiger charge is 2.21. The molecule has 0 bridgehead atoms. The summed E-state index contributed by atoms with van der Waals surface area (Å²) in [5, 5.41) is 17.0. The number of carbonyl (C=O) groups is 2. The lowest BCUT2D eigenvalue weighted by molar-refractivity contribution is 0.0696. The molecule has 7 heteroatoms. The van der Waals surface area contributed by atoms with E-state index in [0.29, 0.717) is 29.7 Å². The SMILES string of the molecule is Cc1c(C(=O)O)ccc2c1nnn2C(=O)N1CC=CCC1. The van der Waals surface area contributed by atoms with Gasteiger partial charge in [-0.3, -0.25) is 0 Å². The predicted octanol–water partition coefficient (Wildman–Crippen LogP) is 1.67. The molecule has 7 nitrogen and oxygen atoms in total. The van der Waals surface area contributed by atoms with Crippen LogP contribution in [0.25, 0.3) is 11.0 Å². The normalized spacial score (nSPS) is 14.6. The molecule has 0 radical (unpaired) electrons. The van der Waals surface area contributed by atoms with Crippen molar-refractivity contribution in [1.82, 2.24) is 19.9 Å². The Kier molecular flexibility index (Phi) is 3.17. The number of aromatic carboxylic acids is 1. The van der Waals surface area contributed by atoms with Crippen LogP contribution >= 0.6 is 0 Å². The lowest BCUT2D eigenvalue weighted by Gasteiger charge is -2.22. The first-order valence-corrected chi connectivity index (χ1v) is 6.62. The van der Waals surface area contributed by atoms with E-state index in [1.54, 1.807) is 17.9 Å². The first kappa shape index (κ1) is 13.3. The van der Waals surface area contributed by atoms with Crippen molar-refractivity contribution >= 4 is 23.0 Å². The second-order valence-corrected chi connectivity index (χ2v) is 4.90. The zero-order valence-electron chi connectivity index (χ0n) is 11.5. The van der Waals surface area contributed by atoms with E-state index in [0.717, 1.165) is 6.42 Å². The summed E-state index contributed by atoms with van der Waals surface area (Å²) >= 11 is 0. The van der Waals surface area contributed by atoms with Crippen molar-refractivity contribution in [3.05, 3.63) is 35.4 Å². The maximum Gasteiger partial charge on any atom is 0.346 e. The number of amides is 1. The highest BCUT2D eigenvalue weighted by atomic mass is 16.4. The van der Waals surface area contributed by atoms with Gasteiger partial charge in [-0.25, -0.2) is 9.59 Å². The minimum atomic E-state index is -1.02. The predicted molar refractivity (Wildman–Crippen MR) is 75.3 cm³/mol. The molecule has 3 rings (SSSR count). The number of carbonyl (C=O) groups excluding carboxylic acids is 1. The maximum atomic E-state index is 12.4. The number of rotatable bonds is 1. The number of hydrogen-bond acceptors (Lipinski definition) is 4. The van der Waals surface area contributed by atoms with Crippen LogP contribution in [0.4, 0.5) is 4.79 Å². The molecule has 108 valence electrons. The topological polar surface area (TPSA) is 88.3 Å². The van der Waals surface area contributed by atoms with E-state index in [2.05, 4.69) is 10.3 Å². The Morgan fingerprint density at radius 1 is 1.29 bits per heavy atom. The molecule has 1 aliphatic rings. The van der Waals surface area contributed by atoms with Crippen LogP contribution in [0.1, 0.15) is 22.3 Å². The van der Waals surface area contributed by atoms with Crippen molar-refractivity contribution in [1.29, 1.82) is 0 Å². The zero-order chi connectivity index (χ0) is 15.0. The first-order chi connectivity index (χ1) is 10.1. The van der Waals surface area contributed by atoms with Crippen molar-refractivity contribution in [2.24, 2.45) is 0 Å². The fourth-order valence-corrected chi connectivity index (χ4v) is 2.44. The van der Waals surface area contributed by atoms with Gasteiger partial charge in [0.2, 0.25) is 0 Å². The van der Waals surface area contributed by atoms with Crippen molar-refractivity contribution in [3.63, 3.8) is 0 Å². The Labute approximate surface area is 120 Å². The fraction of sp³-hybridized carbons (Fsp3) is 0.286. The van der Waals surface area contributed by atoms with Crippen LogP contribution in [0.15, 0.2) is 24.3 Å². The summed E-state index contributed by atoms with van der Waals surface area (Å²) in [6.07, 6.45) is 4.79. The molecule has 0 unspecified atom stereocenters. The molecule has 0 fully saturated rings. The van der Waals surface area contributed by atoms with Crippen LogP contribution in [0.3, 0.4) is 0 Å². The molecule has 21 heavy (non-hydrogen) atoms. The number of aryl methyl sites for hydroxylation is 1. The Morgan fingerprint density at radius 3 is 2.76 bits per heavy atom. The molecular weight excluding hydrogens is 272 g/mol. The quantitative estimate of drug-likeness (QED) is 0.805. The lowest BCUT2D eigenvalue weighted by Crippen LogP contribution is -2.37. The van der Waals surface area contributed by atoms with Crippen molar-refractivity contribution < 1.29 is 14.7 Å². The van der Waals surface area contributed by atoms with Crippen molar-refractivity contribution in [3.8, 4) is 0 Å². The third-order valence-corrected chi connectivity index (χ3v) is 3.61. The van der Waals surface area contributed by atoms with Gasteiger partial charge in [0, 0.05) is 13.1 Å². The molecule has 2 heterocycles. The van der Waals surface area contributed by atoms with Gasteiger partial charge in [-0.05, 0) is 31.0 Å². The summed E-state index contributed by atoms with van der Waals surface area (Å²) in [5.74, 6) is -1.02. The monoisotopic (exact) mass is 286 g/mol. The van der Waals surface area contributed by atoms with E-state index in [1.807, 2.05) is 12.2 Å². The zero-order valence-corrected chi connectivity index (χ0v) is 11.5. The van der Waals surface area contributed by atoms with Gasteiger partial charge < -0.3 is 10.0 Å². The van der Waals surface area contributed by atoms with E-state index in [1.165, 1.54) is 10.7 Å². The number of carboxylic acid groups (broad SMARTS) is 1. The van der Waals surface area contributed by atoms with Crippen LogP contribution < -0.4 is 0 Å². The van der Waals surface area contributed by atoms with Gasteiger partial charge in [0.05, 0.1) is 11.1 Å². The molecule has 0 atom stereocenters. The maximum absolute atomic E-state index is 12.4. The van der Waals surface area contributed by atoms with E-state index >= 15 is 0 Å². The molecule has 0 spiro atoms. The summed E-state index contributed by atoms with van der Waals surface area (Å²) in [5.41, 5.74) is 1.65. The minimum Gasteiger partial charge on any atom is -0.478 e. The third-order valence-electron chi connectivity index (χ3n) is 3.61. The molecule has 2 aromatic rings. The molecule has 1 aromatic heterocycles. The van der Waals surface area contributed by atoms with Gasteiger partial charge >= 0.3 is 12.0 Å². The van der Waals surface area contributed by atoms with Crippen LogP contribution in [-0.2, 0) is 0 Å². The summed E-state index contributed by atoms with van der Waals surface area (Å²) in [6.45, 7) is 2.86. The van der Waals surface area contributed by atoms with Crippen LogP contribution in [-0.4, -0.2) is 50.1 Å². The summed E-state index contributed by atoms with van der Waals surface area (Å²) in [7, 11) is 0. The van der Waals surface area contributed by atoms with E-state index < -0.39 is 5.97 Å². The second kappa shape index (κ2) is 5.01. The summed E-state index contributed by atoms with van der Waals surface area (Å²) in [4.78, 5) is 25.2. The number of carboxylic acids is 1. The fourth-order valence-electron chi connectivity index (χ4n) is 2.44. The minimum absolute atomic E-state index is 0.169. The molecule has 1 amide bonds. The Morgan fingerprint density at radius 2 is 2.10 bits per heavy atom. The molecule has 1 aliphatic heterocycles. The van der Waals surface area contributed by atoms with Gasteiger partial charge in [-0.1, -0.05) is 17.4 Å².